The SMILES string of the molecule is CC(C)(C1CC2CCC1C2)C(F)(F)SOOO. The molecule has 6 heteroatoms. The second-order valence-electron chi connectivity index (χ2n) is 5.75. The first-order valence-electron chi connectivity index (χ1n) is 5.92. The van der Waals surface area contributed by atoms with Gasteiger partial charge >= 0.3 is 5.25 Å². The molecule has 0 spiro atoms. The molecule has 0 aliphatic heterocycles. The number of hydrogen-bond donors (Lipinski definition) is 1. The van der Waals surface area contributed by atoms with Gasteiger partial charge in [0.2, 0.25) is 0 Å². The largest absolute Gasteiger partial charge is 0.326 e. The third-order valence-corrected chi connectivity index (χ3v) is 5.45. The van der Waals surface area contributed by atoms with Gasteiger partial charge in [-0.2, -0.15) is 8.78 Å². The molecule has 1 N–H and O–H groups in total. The average Bonchev–Trinajstić information content (AvgIpc) is 2.87. The van der Waals surface area contributed by atoms with Crippen LogP contribution in [0.3, 0.4) is 0 Å². The van der Waals surface area contributed by atoms with E-state index in [2.05, 4.69) is 9.37 Å². The Morgan fingerprint density at radius 2 is 1.94 bits per heavy atom. The molecular weight excluding hydrogens is 250 g/mol. The van der Waals surface area contributed by atoms with Crippen LogP contribution in [0.25, 0.3) is 0 Å². The van der Waals surface area contributed by atoms with Crippen molar-refractivity contribution in [2.75, 3.05) is 0 Å². The van der Waals surface area contributed by atoms with Gasteiger partial charge in [-0.25, -0.2) is 5.26 Å². The lowest BCUT2D eigenvalue weighted by atomic mass is 9.70. The Hall–Kier alpha value is 0.0900. The average molecular weight is 268 g/mol. The Kier molecular flexibility index (Phi) is 3.69. The second-order valence-corrected chi connectivity index (χ2v) is 6.56. The quantitative estimate of drug-likeness (QED) is 0.462. The summed E-state index contributed by atoms with van der Waals surface area (Å²) in [4.78, 5) is 0. The molecule has 0 aromatic carbocycles. The van der Waals surface area contributed by atoms with Crippen LogP contribution < -0.4 is 0 Å². The molecule has 0 saturated heterocycles. The van der Waals surface area contributed by atoms with Crippen molar-refractivity contribution in [3.05, 3.63) is 0 Å². The third-order valence-electron chi connectivity index (χ3n) is 4.58. The summed E-state index contributed by atoms with van der Waals surface area (Å²) in [7, 11) is 0. The molecule has 0 aromatic heterocycles. The highest BCUT2D eigenvalue weighted by Crippen LogP contribution is 2.60. The molecule has 2 bridgehead atoms. The Labute approximate surface area is 104 Å². The van der Waals surface area contributed by atoms with Gasteiger partial charge in [0.15, 0.2) is 0 Å². The van der Waals surface area contributed by atoms with Crippen molar-refractivity contribution >= 4 is 12.0 Å². The highest BCUT2D eigenvalue weighted by Gasteiger charge is 2.58. The van der Waals surface area contributed by atoms with Gasteiger partial charge in [-0.15, -0.1) is 4.33 Å². The van der Waals surface area contributed by atoms with Crippen molar-refractivity contribution in [1.82, 2.24) is 0 Å². The summed E-state index contributed by atoms with van der Waals surface area (Å²) < 4.78 is 32.0. The second kappa shape index (κ2) is 4.64. The predicted octanol–water partition coefficient (Wildman–Crippen LogP) is 4.11. The third kappa shape index (κ3) is 2.32. The number of rotatable bonds is 5. The number of alkyl halides is 2. The Bertz CT molecular complexity index is 286. The number of hydrogen-bond acceptors (Lipinski definition) is 4. The molecule has 3 atom stereocenters. The lowest BCUT2D eigenvalue weighted by Crippen LogP contribution is -2.42. The van der Waals surface area contributed by atoms with E-state index in [1.165, 1.54) is 6.42 Å². The van der Waals surface area contributed by atoms with Crippen molar-refractivity contribution in [2.45, 2.75) is 44.8 Å². The summed E-state index contributed by atoms with van der Waals surface area (Å²) in [6.45, 7) is 3.15. The van der Waals surface area contributed by atoms with E-state index >= 15 is 0 Å². The zero-order valence-electron chi connectivity index (χ0n) is 9.99. The van der Waals surface area contributed by atoms with Crippen LogP contribution in [0, 0.1) is 23.2 Å². The Balaban J connectivity index is 2.06. The molecule has 2 aliphatic carbocycles. The van der Waals surface area contributed by atoms with Gasteiger partial charge < -0.3 is 0 Å². The van der Waals surface area contributed by atoms with Crippen molar-refractivity contribution < 1.29 is 23.4 Å². The van der Waals surface area contributed by atoms with E-state index in [1.54, 1.807) is 13.8 Å². The minimum absolute atomic E-state index is 0.0195. The van der Waals surface area contributed by atoms with Gasteiger partial charge in [-0.3, -0.25) is 0 Å². The summed E-state index contributed by atoms with van der Waals surface area (Å²) in [6.07, 6.45) is 4.23. The molecule has 2 saturated carbocycles. The smallest absolute Gasteiger partial charge is 0.220 e. The van der Waals surface area contributed by atoms with Gasteiger partial charge in [-0.05, 0) is 37.0 Å². The zero-order valence-corrected chi connectivity index (χ0v) is 10.8. The van der Waals surface area contributed by atoms with Crippen LogP contribution >= 0.6 is 12.0 Å². The molecular formula is C11H18F2O3S. The van der Waals surface area contributed by atoms with Crippen LogP contribution in [0.5, 0.6) is 0 Å². The first-order valence-corrected chi connectivity index (χ1v) is 6.66. The van der Waals surface area contributed by atoms with E-state index in [-0.39, 0.29) is 18.0 Å². The molecule has 2 rings (SSSR count). The van der Waals surface area contributed by atoms with Crippen LogP contribution in [0.1, 0.15) is 39.5 Å². The fourth-order valence-corrected chi connectivity index (χ4v) is 3.99. The van der Waals surface area contributed by atoms with Crippen molar-refractivity contribution in [3.63, 3.8) is 0 Å². The van der Waals surface area contributed by atoms with Gasteiger partial charge in [0.05, 0.1) is 0 Å². The van der Waals surface area contributed by atoms with E-state index in [0.717, 1.165) is 19.3 Å². The molecule has 0 aromatic rings. The van der Waals surface area contributed by atoms with Crippen LogP contribution in [-0.2, 0) is 9.37 Å². The highest BCUT2D eigenvalue weighted by molar-refractivity contribution is 7.95. The van der Waals surface area contributed by atoms with Crippen molar-refractivity contribution in [3.8, 4) is 0 Å². The van der Waals surface area contributed by atoms with Gasteiger partial charge in [0, 0.05) is 5.41 Å². The fraction of sp³-hybridized carbons (Fsp3) is 1.00. The highest BCUT2D eigenvalue weighted by atomic mass is 32.2. The molecule has 0 radical (unpaired) electrons. The van der Waals surface area contributed by atoms with E-state index in [0.29, 0.717) is 11.8 Å². The van der Waals surface area contributed by atoms with Crippen LogP contribution in [0.4, 0.5) is 8.78 Å². The monoisotopic (exact) mass is 268 g/mol. The summed E-state index contributed by atoms with van der Waals surface area (Å²) in [6, 6.07) is 0. The molecule has 0 amide bonds. The van der Waals surface area contributed by atoms with Crippen molar-refractivity contribution in [2.24, 2.45) is 23.2 Å². The van der Waals surface area contributed by atoms with Crippen LogP contribution in [0.2, 0.25) is 0 Å². The molecule has 3 nitrogen and oxygen atoms in total. The maximum atomic E-state index is 14.0. The topological polar surface area (TPSA) is 38.7 Å². The Morgan fingerprint density at radius 1 is 1.24 bits per heavy atom. The number of halogens is 2. The lowest BCUT2D eigenvalue weighted by Gasteiger charge is -2.41. The first kappa shape index (κ1) is 13.5. The maximum absolute atomic E-state index is 14.0. The van der Waals surface area contributed by atoms with E-state index < -0.39 is 10.7 Å². The first-order chi connectivity index (χ1) is 7.88. The molecule has 2 aliphatic rings. The molecule has 17 heavy (non-hydrogen) atoms. The Morgan fingerprint density at radius 3 is 2.41 bits per heavy atom. The van der Waals surface area contributed by atoms with Gasteiger partial charge in [0.1, 0.15) is 12.0 Å². The number of fused-ring (bicyclic) bond motifs is 2. The van der Waals surface area contributed by atoms with E-state index in [4.69, 9.17) is 5.26 Å². The van der Waals surface area contributed by atoms with Gasteiger partial charge in [0.25, 0.3) is 0 Å². The molecule has 3 unspecified atom stereocenters. The zero-order chi connectivity index (χ0) is 12.7. The molecule has 0 heterocycles. The van der Waals surface area contributed by atoms with Gasteiger partial charge in [-0.1, -0.05) is 25.3 Å². The summed E-state index contributed by atoms with van der Waals surface area (Å²) in [5, 5.41) is 8.19. The normalized spacial score (nSPS) is 33.4. The predicted molar refractivity (Wildman–Crippen MR) is 60.1 cm³/mol. The summed E-state index contributed by atoms with van der Waals surface area (Å²) in [5.74, 6) is 1.06. The van der Waals surface area contributed by atoms with E-state index in [1.807, 2.05) is 0 Å². The molecule has 2 fully saturated rings. The summed E-state index contributed by atoms with van der Waals surface area (Å²) >= 11 is -0.106. The minimum atomic E-state index is -3.08. The van der Waals surface area contributed by atoms with Crippen LogP contribution in [0.15, 0.2) is 0 Å². The summed E-state index contributed by atoms with van der Waals surface area (Å²) in [5.41, 5.74) is -1.16. The van der Waals surface area contributed by atoms with Crippen molar-refractivity contribution in [1.29, 1.82) is 0 Å². The van der Waals surface area contributed by atoms with Crippen LogP contribution in [-0.4, -0.2) is 10.5 Å². The molecule has 100 valence electrons. The lowest BCUT2D eigenvalue weighted by molar-refractivity contribution is -0.434. The maximum Gasteiger partial charge on any atom is 0.326 e. The standard InChI is InChI=1S/C11H18F2O3S/c1-10(2,11(12,13)17-16-15-14)9-6-7-3-4-8(9)5-7/h7-9,14H,3-6H2,1-2H3. The minimum Gasteiger partial charge on any atom is -0.220 e. The van der Waals surface area contributed by atoms with E-state index in [9.17, 15) is 8.78 Å². The fourth-order valence-electron chi connectivity index (χ4n) is 3.51.